The van der Waals surface area contributed by atoms with E-state index in [-0.39, 0.29) is 24.4 Å². The van der Waals surface area contributed by atoms with Crippen LogP contribution in [-0.4, -0.2) is 44.8 Å². The molecule has 0 saturated heterocycles. The van der Waals surface area contributed by atoms with Gasteiger partial charge in [0, 0.05) is 24.4 Å². The monoisotopic (exact) mass is 288 g/mol. The third kappa shape index (κ3) is 5.00. The maximum absolute atomic E-state index is 11.6. The summed E-state index contributed by atoms with van der Waals surface area (Å²) in [5.74, 6) is 0.789. The van der Waals surface area contributed by atoms with Crippen LogP contribution < -0.4 is 11.0 Å². The summed E-state index contributed by atoms with van der Waals surface area (Å²) in [7, 11) is 0. The van der Waals surface area contributed by atoms with Gasteiger partial charge in [0.2, 0.25) is 0 Å². The summed E-state index contributed by atoms with van der Waals surface area (Å²) in [5.41, 5.74) is -0.169. The minimum Gasteiger partial charge on any atom is -0.396 e. The summed E-state index contributed by atoms with van der Waals surface area (Å²) >= 11 is 1.54. The average molecular weight is 288 g/mol. The van der Waals surface area contributed by atoms with Crippen molar-refractivity contribution in [3.05, 3.63) is 10.5 Å². The molecule has 1 unspecified atom stereocenters. The van der Waals surface area contributed by atoms with Gasteiger partial charge in [-0.1, -0.05) is 18.7 Å². The second-order valence-electron chi connectivity index (χ2n) is 4.75. The Morgan fingerprint density at radius 1 is 1.53 bits per heavy atom. The number of nitrogens with one attached hydrogen (secondary N) is 2. The van der Waals surface area contributed by atoms with E-state index in [4.69, 9.17) is 5.11 Å². The molecule has 0 aliphatic carbocycles. The molecule has 0 radical (unpaired) electrons. The van der Waals surface area contributed by atoms with Gasteiger partial charge in [0.05, 0.1) is 0 Å². The van der Waals surface area contributed by atoms with E-state index >= 15 is 0 Å². The van der Waals surface area contributed by atoms with Gasteiger partial charge in [-0.05, 0) is 33.2 Å². The molecule has 7 heteroatoms. The number of aromatic nitrogens is 3. The van der Waals surface area contributed by atoms with Gasteiger partial charge < -0.3 is 10.4 Å². The highest BCUT2D eigenvalue weighted by molar-refractivity contribution is 7.99. The van der Waals surface area contributed by atoms with E-state index in [0.29, 0.717) is 11.6 Å². The van der Waals surface area contributed by atoms with Crippen LogP contribution in [0, 0.1) is 0 Å². The van der Waals surface area contributed by atoms with Gasteiger partial charge in [-0.25, -0.2) is 9.89 Å². The van der Waals surface area contributed by atoms with Crippen LogP contribution in [0.4, 0.5) is 0 Å². The second-order valence-corrected chi connectivity index (χ2v) is 5.74. The molecule has 110 valence electrons. The summed E-state index contributed by atoms with van der Waals surface area (Å²) in [6.07, 6.45) is 1.77. The molecular formula is C12H24N4O2S. The topological polar surface area (TPSA) is 82.9 Å². The molecule has 1 heterocycles. The number of aliphatic hydroxyl groups is 1. The molecule has 19 heavy (non-hydrogen) atoms. The predicted molar refractivity (Wildman–Crippen MR) is 77.7 cm³/mol. The van der Waals surface area contributed by atoms with Crippen LogP contribution in [0.1, 0.15) is 39.7 Å². The summed E-state index contributed by atoms with van der Waals surface area (Å²) < 4.78 is 1.65. The van der Waals surface area contributed by atoms with Gasteiger partial charge in [-0.15, -0.1) is 5.10 Å². The Balaban J connectivity index is 2.60. The number of thioether (sulfide) groups is 1. The number of hydrogen-bond donors (Lipinski definition) is 3. The average Bonchev–Trinajstić information content (AvgIpc) is 2.74. The number of hydrogen-bond acceptors (Lipinski definition) is 5. The lowest BCUT2D eigenvalue weighted by Crippen LogP contribution is -2.33. The molecule has 1 aromatic heterocycles. The lowest BCUT2D eigenvalue weighted by Gasteiger charge is -2.17. The number of nitrogens with zero attached hydrogens (tertiary/aromatic N) is 2. The Labute approximate surface area is 118 Å². The molecule has 0 amide bonds. The van der Waals surface area contributed by atoms with Crippen molar-refractivity contribution in [2.24, 2.45) is 0 Å². The second kappa shape index (κ2) is 8.39. The molecule has 0 aliphatic rings. The fraction of sp³-hybridized carbons (Fsp3) is 0.833. The molecular weight excluding hydrogens is 264 g/mol. The minimum atomic E-state index is -0.169. The third-order valence-corrected chi connectivity index (χ3v) is 3.88. The van der Waals surface area contributed by atoms with Crippen molar-refractivity contribution in [3.8, 4) is 0 Å². The minimum absolute atomic E-state index is 0.0913. The van der Waals surface area contributed by atoms with Crippen LogP contribution in [0.25, 0.3) is 0 Å². The van der Waals surface area contributed by atoms with Crippen LogP contribution in [0.2, 0.25) is 0 Å². The Morgan fingerprint density at radius 2 is 2.26 bits per heavy atom. The van der Waals surface area contributed by atoms with Gasteiger partial charge in [0.1, 0.15) is 0 Å². The van der Waals surface area contributed by atoms with Crippen molar-refractivity contribution in [1.29, 1.82) is 0 Å². The zero-order valence-electron chi connectivity index (χ0n) is 11.8. The summed E-state index contributed by atoms with van der Waals surface area (Å²) in [4.78, 5) is 11.6. The number of H-pyrrole nitrogens is 1. The molecule has 0 aromatic carbocycles. The smallest absolute Gasteiger partial charge is 0.344 e. The fourth-order valence-electron chi connectivity index (χ4n) is 1.77. The van der Waals surface area contributed by atoms with E-state index in [1.54, 1.807) is 16.3 Å². The SMILES string of the molecule is CCCNC(CCO)CSc1n[nH]c(=O)n1C(C)C. The summed E-state index contributed by atoms with van der Waals surface area (Å²) in [6.45, 7) is 7.13. The van der Waals surface area contributed by atoms with E-state index in [1.165, 1.54) is 0 Å². The normalized spacial score (nSPS) is 13.1. The van der Waals surface area contributed by atoms with Crippen molar-refractivity contribution in [1.82, 2.24) is 20.1 Å². The van der Waals surface area contributed by atoms with Crippen molar-refractivity contribution >= 4 is 11.8 Å². The maximum Gasteiger partial charge on any atom is 0.344 e. The van der Waals surface area contributed by atoms with Crippen LogP contribution in [0.15, 0.2) is 9.95 Å². The molecule has 3 N–H and O–H groups in total. The van der Waals surface area contributed by atoms with Gasteiger partial charge in [-0.3, -0.25) is 4.57 Å². The van der Waals surface area contributed by atoms with Gasteiger partial charge >= 0.3 is 5.69 Å². The van der Waals surface area contributed by atoms with E-state index in [9.17, 15) is 4.79 Å². The Bertz CT molecular complexity index is 416. The van der Waals surface area contributed by atoms with Gasteiger partial charge in [0.15, 0.2) is 5.16 Å². The molecule has 1 rings (SSSR count). The van der Waals surface area contributed by atoms with E-state index in [1.807, 2.05) is 13.8 Å². The maximum atomic E-state index is 11.6. The first kappa shape index (κ1) is 16.3. The van der Waals surface area contributed by atoms with E-state index in [2.05, 4.69) is 22.4 Å². The highest BCUT2D eigenvalue weighted by Crippen LogP contribution is 2.18. The van der Waals surface area contributed by atoms with Gasteiger partial charge in [0.25, 0.3) is 0 Å². The zero-order chi connectivity index (χ0) is 14.3. The van der Waals surface area contributed by atoms with Crippen molar-refractivity contribution < 1.29 is 5.11 Å². The summed E-state index contributed by atoms with van der Waals surface area (Å²) in [5, 5.41) is 19.7. The largest absolute Gasteiger partial charge is 0.396 e. The van der Waals surface area contributed by atoms with Crippen LogP contribution >= 0.6 is 11.8 Å². The standard InChI is InChI=1S/C12H24N4O2S/c1-4-6-13-10(5-7-17)8-19-12-15-14-11(18)16(12)9(2)3/h9-10,13,17H,4-8H2,1-3H3,(H,14,18). The quantitative estimate of drug-likeness (QED) is 0.590. The molecule has 6 nitrogen and oxygen atoms in total. The molecule has 0 fully saturated rings. The van der Waals surface area contributed by atoms with Crippen molar-refractivity contribution in [3.63, 3.8) is 0 Å². The van der Waals surface area contributed by atoms with E-state index < -0.39 is 0 Å². The van der Waals surface area contributed by atoms with Crippen LogP contribution in [-0.2, 0) is 0 Å². The Morgan fingerprint density at radius 3 is 2.84 bits per heavy atom. The number of rotatable bonds is 9. The first-order valence-electron chi connectivity index (χ1n) is 6.74. The summed E-state index contributed by atoms with van der Waals surface area (Å²) in [6, 6.07) is 0.330. The van der Waals surface area contributed by atoms with Crippen LogP contribution in [0.5, 0.6) is 0 Å². The predicted octanol–water partition coefficient (Wildman–Crippen LogP) is 0.995. The van der Waals surface area contributed by atoms with Crippen LogP contribution in [0.3, 0.4) is 0 Å². The van der Waals surface area contributed by atoms with Crippen molar-refractivity contribution in [2.75, 3.05) is 18.9 Å². The highest BCUT2D eigenvalue weighted by atomic mass is 32.2. The lowest BCUT2D eigenvalue weighted by atomic mass is 10.2. The first-order valence-corrected chi connectivity index (χ1v) is 7.72. The molecule has 1 aromatic rings. The molecule has 0 bridgehead atoms. The molecule has 0 saturated carbocycles. The highest BCUT2D eigenvalue weighted by Gasteiger charge is 2.14. The Kier molecular flexibility index (Phi) is 7.19. The van der Waals surface area contributed by atoms with Gasteiger partial charge in [-0.2, -0.15) is 0 Å². The molecule has 0 aliphatic heterocycles. The third-order valence-electron chi connectivity index (χ3n) is 2.76. The Hall–Kier alpha value is -0.790. The van der Waals surface area contributed by atoms with Crippen molar-refractivity contribution in [2.45, 2.75) is 50.9 Å². The molecule has 1 atom stereocenters. The zero-order valence-corrected chi connectivity index (χ0v) is 12.7. The number of aromatic amines is 1. The number of aliphatic hydroxyl groups excluding tert-OH is 1. The fourth-order valence-corrected chi connectivity index (χ4v) is 2.95. The first-order chi connectivity index (χ1) is 9.10. The van der Waals surface area contributed by atoms with E-state index in [0.717, 1.165) is 18.7 Å². The lowest BCUT2D eigenvalue weighted by molar-refractivity contribution is 0.270. The molecule has 0 spiro atoms.